The van der Waals surface area contributed by atoms with E-state index in [0.29, 0.717) is 0 Å². The van der Waals surface area contributed by atoms with Crippen LogP contribution in [0.1, 0.15) is 16.9 Å². The summed E-state index contributed by atoms with van der Waals surface area (Å²) in [6.45, 7) is 5.55. The number of rotatable bonds is 8. The molecule has 0 N–H and O–H groups in total. The first kappa shape index (κ1) is 15.5. The molecule has 0 radical (unpaired) electrons. The zero-order valence-corrected chi connectivity index (χ0v) is 12.8. The molecule has 0 aliphatic rings. The Balaban J connectivity index is 1.91. The van der Waals surface area contributed by atoms with Gasteiger partial charge in [0.25, 0.3) is 0 Å². The predicted octanol–water partition coefficient (Wildman–Crippen LogP) is 3.75. The normalized spacial score (nSPS) is 11.6. The van der Waals surface area contributed by atoms with Crippen molar-refractivity contribution in [3.05, 3.63) is 65.6 Å². The fourth-order valence-electron chi connectivity index (χ4n) is 2.11. The molecule has 0 bridgehead atoms. The largest absolute Gasteiger partial charge is 0.465 e. The van der Waals surface area contributed by atoms with E-state index in [9.17, 15) is 0 Å². The Morgan fingerprint density at radius 1 is 1.19 bits per heavy atom. The summed E-state index contributed by atoms with van der Waals surface area (Å²) in [5.41, 5.74) is 2.61. The first-order valence-corrected chi connectivity index (χ1v) is 7.25. The number of furan rings is 1. The van der Waals surface area contributed by atoms with Gasteiger partial charge in [0.15, 0.2) is 0 Å². The van der Waals surface area contributed by atoms with Crippen molar-refractivity contribution in [1.82, 2.24) is 4.90 Å². The summed E-state index contributed by atoms with van der Waals surface area (Å²) in [4.78, 5) is 2.35. The molecule has 0 saturated heterocycles. The van der Waals surface area contributed by atoms with Gasteiger partial charge in [0, 0.05) is 26.7 Å². The average molecular weight is 285 g/mol. The minimum Gasteiger partial charge on any atom is -0.465 e. The number of nitrogens with zero attached hydrogens (tertiary/aromatic N) is 1. The highest BCUT2D eigenvalue weighted by Gasteiger charge is 2.04. The molecule has 0 atom stereocenters. The molecule has 3 heteroatoms. The molecule has 0 spiro atoms. The lowest BCUT2D eigenvalue weighted by Gasteiger charge is -2.20. The topological polar surface area (TPSA) is 25.6 Å². The summed E-state index contributed by atoms with van der Waals surface area (Å²) in [5.74, 6) is 0.886. The second-order valence-electron chi connectivity index (χ2n) is 5.13. The van der Waals surface area contributed by atoms with Gasteiger partial charge in [-0.1, -0.05) is 35.9 Å². The lowest BCUT2D eigenvalue weighted by molar-refractivity contribution is 0.151. The summed E-state index contributed by atoms with van der Waals surface area (Å²) in [5, 5.41) is 0. The van der Waals surface area contributed by atoms with E-state index in [0.717, 1.165) is 32.0 Å². The van der Waals surface area contributed by atoms with E-state index in [1.165, 1.54) is 11.1 Å². The number of benzene rings is 1. The van der Waals surface area contributed by atoms with E-state index >= 15 is 0 Å². The van der Waals surface area contributed by atoms with Gasteiger partial charge in [0.2, 0.25) is 0 Å². The Labute approximate surface area is 126 Å². The van der Waals surface area contributed by atoms with E-state index in [2.05, 4.69) is 42.2 Å². The molecule has 1 aromatic heterocycles. The third-order valence-electron chi connectivity index (χ3n) is 3.33. The van der Waals surface area contributed by atoms with E-state index in [1.807, 2.05) is 18.2 Å². The Kier molecular flexibility index (Phi) is 6.25. The Morgan fingerprint density at radius 2 is 2.00 bits per heavy atom. The van der Waals surface area contributed by atoms with Crippen LogP contribution in [0.5, 0.6) is 0 Å². The summed E-state index contributed by atoms with van der Waals surface area (Å²) in [6.07, 6.45) is 5.83. The van der Waals surface area contributed by atoms with Crippen LogP contribution in [0.15, 0.2) is 53.2 Å². The molecule has 1 heterocycles. The number of methoxy groups -OCH3 is 1. The van der Waals surface area contributed by atoms with Crippen molar-refractivity contribution in [3.63, 3.8) is 0 Å². The minimum absolute atomic E-state index is 0.737. The third-order valence-corrected chi connectivity index (χ3v) is 3.33. The highest BCUT2D eigenvalue weighted by molar-refractivity contribution is 5.42. The highest BCUT2D eigenvalue weighted by atomic mass is 16.5. The van der Waals surface area contributed by atoms with Crippen molar-refractivity contribution in [3.8, 4) is 0 Å². The smallest absolute Gasteiger partial charge is 0.126 e. The fourth-order valence-corrected chi connectivity index (χ4v) is 2.11. The molecule has 112 valence electrons. The maximum Gasteiger partial charge on any atom is 0.126 e. The molecule has 0 fully saturated rings. The number of ether oxygens (including phenoxy) is 1. The fraction of sp³-hybridized carbons (Fsp3) is 0.333. The molecule has 0 aliphatic carbocycles. The molecule has 0 amide bonds. The van der Waals surface area contributed by atoms with Crippen molar-refractivity contribution in [1.29, 1.82) is 0 Å². The van der Waals surface area contributed by atoms with Crippen LogP contribution in [-0.4, -0.2) is 31.7 Å². The average Bonchev–Trinajstić information content (AvgIpc) is 3.00. The van der Waals surface area contributed by atoms with Crippen molar-refractivity contribution in [2.75, 3.05) is 26.8 Å². The summed E-state index contributed by atoms with van der Waals surface area (Å²) in [7, 11) is 1.74. The molecule has 2 aromatic rings. The molecule has 3 nitrogen and oxygen atoms in total. The molecule has 0 unspecified atom stereocenters. The monoisotopic (exact) mass is 285 g/mol. The summed E-state index contributed by atoms with van der Waals surface area (Å²) in [6, 6.07) is 12.5. The molecular formula is C18H23NO2. The quantitative estimate of drug-likeness (QED) is 0.738. The van der Waals surface area contributed by atoms with Gasteiger partial charge >= 0.3 is 0 Å². The number of aryl methyl sites for hydroxylation is 1. The summed E-state index contributed by atoms with van der Waals surface area (Å²) >= 11 is 0. The van der Waals surface area contributed by atoms with Gasteiger partial charge in [0.05, 0.1) is 12.9 Å². The molecule has 21 heavy (non-hydrogen) atoms. The standard InChI is InChI=1S/C18H23NO2/c1-16-7-9-17(10-8-16)15-19(12-14-20-2)11-3-5-18-6-4-13-21-18/h3-10,13H,11-12,14-15H2,1-2H3/b5-3+. The Hall–Kier alpha value is -1.84. The van der Waals surface area contributed by atoms with Gasteiger partial charge in [-0.3, -0.25) is 4.90 Å². The first-order valence-electron chi connectivity index (χ1n) is 7.25. The lowest BCUT2D eigenvalue weighted by Crippen LogP contribution is -2.27. The highest BCUT2D eigenvalue weighted by Crippen LogP contribution is 2.08. The van der Waals surface area contributed by atoms with Gasteiger partial charge in [-0.15, -0.1) is 0 Å². The zero-order valence-electron chi connectivity index (χ0n) is 12.8. The maximum absolute atomic E-state index is 5.30. The van der Waals surface area contributed by atoms with Crippen molar-refractivity contribution in [2.45, 2.75) is 13.5 Å². The summed E-state index contributed by atoms with van der Waals surface area (Å²) < 4.78 is 10.5. The number of hydrogen-bond donors (Lipinski definition) is 0. The molecule has 2 rings (SSSR count). The Bertz CT molecular complexity index is 529. The Morgan fingerprint density at radius 3 is 2.67 bits per heavy atom. The van der Waals surface area contributed by atoms with Crippen LogP contribution in [0, 0.1) is 6.92 Å². The van der Waals surface area contributed by atoms with Crippen molar-refractivity contribution in [2.24, 2.45) is 0 Å². The van der Waals surface area contributed by atoms with E-state index < -0.39 is 0 Å². The molecule has 0 aliphatic heterocycles. The van der Waals surface area contributed by atoms with Crippen LogP contribution in [0.4, 0.5) is 0 Å². The minimum atomic E-state index is 0.737. The third kappa shape index (κ3) is 5.58. The van der Waals surface area contributed by atoms with Gasteiger partial charge in [-0.2, -0.15) is 0 Å². The second-order valence-corrected chi connectivity index (χ2v) is 5.13. The van der Waals surface area contributed by atoms with Gasteiger partial charge in [0.1, 0.15) is 5.76 Å². The van der Waals surface area contributed by atoms with E-state index in [-0.39, 0.29) is 0 Å². The predicted molar refractivity (Wildman–Crippen MR) is 86.1 cm³/mol. The van der Waals surface area contributed by atoms with Crippen LogP contribution < -0.4 is 0 Å². The zero-order chi connectivity index (χ0) is 14.9. The van der Waals surface area contributed by atoms with Crippen LogP contribution >= 0.6 is 0 Å². The van der Waals surface area contributed by atoms with E-state index in [4.69, 9.17) is 9.15 Å². The van der Waals surface area contributed by atoms with Crippen LogP contribution in [0.25, 0.3) is 6.08 Å². The second kappa shape index (κ2) is 8.45. The van der Waals surface area contributed by atoms with Crippen molar-refractivity contribution < 1.29 is 9.15 Å². The van der Waals surface area contributed by atoms with Crippen LogP contribution in [0.2, 0.25) is 0 Å². The molecule has 0 saturated carbocycles. The van der Waals surface area contributed by atoms with Crippen molar-refractivity contribution >= 4 is 6.08 Å². The molecule has 1 aromatic carbocycles. The maximum atomic E-state index is 5.30. The van der Waals surface area contributed by atoms with Crippen LogP contribution in [-0.2, 0) is 11.3 Å². The lowest BCUT2D eigenvalue weighted by atomic mass is 10.1. The van der Waals surface area contributed by atoms with Gasteiger partial charge in [-0.25, -0.2) is 0 Å². The van der Waals surface area contributed by atoms with Crippen LogP contribution in [0.3, 0.4) is 0 Å². The van der Waals surface area contributed by atoms with E-state index in [1.54, 1.807) is 13.4 Å². The van der Waals surface area contributed by atoms with Gasteiger partial charge in [-0.05, 0) is 30.7 Å². The molecular weight excluding hydrogens is 262 g/mol. The first-order chi connectivity index (χ1) is 10.3. The number of hydrogen-bond acceptors (Lipinski definition) is 3. The SMILES string of the molecule is COCCN(C/C=C/c1ccco1)Cc1ccc(C)cc1. The van der Waals surface area contributed by atoms with Gasteiger partial charge < -0.3 is 9.15 Å².